The highest BCUT2D eigenvalue weighted by atomic mass is 16.5. The number of fused-ring (bicyclic) bond motifs is 1. The summed E-state index contributed by atoms with van der Waals surface area (Å²) in [5, 5.41) is 9.38. The van der Waals surface area contributed by atoms with Crippen LogP contribution in [0, 0.1) is 0 Å². The number of rotatable bonds is 5. The maximum atomic E-state index is 11.9. The Morgan fingerprint density at radius 2 is 1.79 bits per heavy atom. The van der Waals surface area contributed by atoms with Gasteiger partial charge < -0.3 is 19.0 Å². The second-order valence-corrected chi connectivity index (χ2v) is 5.05. The van der Waals surface area contributed by atoms with Gasteiger partial charge in [0.05, 0.1) is 7.11 Å². The van der Waals surface area contributed by atoms with Gasteiger partial charge in [-0.05, 0) is 35.4 Å². The molecule has 6 heteroatoms. The minimum Gasteiger partial charge on any atom is -0.497 e. The molecule has 0 amide bonds. The lowest BCUT2D eigenvalue weighted by atomic mass is 10.0. The number of hydrogen-bond acceptors (Lipinski definition) is 5. The lowest BCUT2D eigenvalue weighted by molar-refractivity contribution is -0.139. The Balaban J connectivity index is 2.07. The molecule has 6 nitrogen and oxygen atoms in total. The van der Waals surface area contributed by atoms with Gasteiger partial charge in [0.25, 0.3) is 0 Å². The molecule has 0 aliphatic rings. The molecule has 3 aromatic rings. The van der Waals surface area contributed by atoms with Crippen molar-refractivity contribution in [3.05, 3.63) is 59.0 Å². The van der Waals surface area contributed by atoms with E-state index in [0.717, 1.165) is 16.7 Å². The molecule has 0 atom stereocenters. The molecule has 0 saturated carbocycles. The van der Waals surface area contributed by atoms with Crippen LogP contribution in [0.3, 0.4) is 0 Å². The molecule has 3 rings (SSSR count). The van der Waals surface area contributed by atoms with Crippen LogP contribution in [0.5, 0.6) is 11.5 Å². The largest absolute Gasteiger partial charge is 0.497 e. The quantitative estimate of drug-likeness (QED) is 0.726. The molecule has 0 radical (unpaired) electrons. The average Bonchev–Trinajstić information content (AvgIpc) is 2.59. The maximum absolute atomic E-state index is 11.9. The van der Waals surface area contributed by atoms with E-state index in [0.29, 0.717) is 16.9 Å². The Hall–Kier alpha value is -3.28. The van der Waals surface area contributed by atoms with Gasteiger partial charge in [-0.2, -0.15) is 0 Å². The monoisotopic (exact) mass is 326 g/mol. The van der Waals surface area contributed by atoms with Gasteiger partial charge in [0.1, 0.15) is 17.1 Å². The fourth-order valence-corrected chi connectivity index (χ4v) is 2.39. The van der Waals surface area contributed by atoms with Crippen molar-refractivity contribution in [2.24, 2.45) is 0 Å². The number of methoxy groups -OCH3 is 1. The Bertz CT molecular complexity index is 940. The number of carboxylic acid groups (broad SMARTS) is 1. The van der Waals surface area contributed by atoms with E-state index in [1.807, 2.05) is 12.1 Å². The first kappa shape index (κ1) is 15.6. The molecule has 2 aromatic carbocycles. The summed E-state index contributed by atoms with van der Waals surface area (Å²) < 4.78 is 15.5. The van der Waals surface area contributed by atoms with Crippen molar-refractivity contribution in [2.75, 3.05) is 13.7 Å². The summed E-state index contributed by atoms with van der Waals surface area (Å²) in [4.78, 5) is 22.4. The normalized spacial score (nSPS) is 10.5. The summed E-state index contributed by atoms with van der Waals surface area (Å²) in [5.41, 5.74) is 1.39. The van der Waals surface area contributed by atoms with Crippen LogP contribution in [-0.2, 0) is 4.79 Å². The minimum absolute atomic E-state index is 0.319. The van der Waals surface area contributed by atoms with Crippen molar-refractivity contribution in [3.8, 4) is 22.6 Å². The summed E-state index contributed by atoms with van der Waals surface area (Å²) in [6.07, 6.45) is 0. The molecule has 0 fully saturated rings. The van der Waals surface area contributed by atoms with E-state index in [4.69, 9.17) is 19.0 Å². The summed E-state index contributed by atoms with van der Waals surface area (Å²) in [7, 11) is 1.58. The third-order valence-electron chi connectivity index (χ3n) is 3.48. The Morgan fingerprint density at radius 1 is 1.08 bits per heavy atom. The second kappa shape index (κ2) is 6.45. The third kappa shape index (κ3) is 3.22. The number of carbonyl (C=O) groups is 1. The lowest BCUT2D eigenvalue weighted by Gasteiger charge is -2.08. The molecule has 0 unspecified atom stereocenters. The minimum atomic E-state index is -1.08. The number of hydrogen-bond donors (Lipinski definition) is 1. The first-order valence-corrected chi connectivity index (χ1v) is 7.14. The summed E-state index contributed by atoms with van der Waals surface area (Å²) >= 11 is 0. The van der Waals surface area contributed by atoms with Gasteiger partial charge in [0.15, 0.2) is 6.61 Å². The van der Waals surface area contributed by atoms with Gasteiger partial charge in [-0.25, -0.2) is 9.59 Å². The number of carboxylic acids is 1. The van der Waals surface area contributed by atoms with Crippen LogP contribution in [0.25, 0.3) is 22.1 Å². The Morgan fingerprint density at radius 3 is 2.46 bits per heavy atom. The molecule has 0 bridgehead atoms. The van der Waals surface area contributed by atoms with E-state index < -0.39 is 18.2 Å². The smallest absolute Gasteiger partial charge is 0.341 e. The molecular weight excluding hydrogens is 312 g/mol. The van der Waals surface area contributed by atoms with E-state index in [-0.39, 0.29) is 0 Å². The van der Waals surface area contributed by atoms with Crippen LogP contribution in [0.4, 0.5) is 0 Å². The van der Waals surface area contributed by atoms with Crippen LogP contribution >= 0.6 is 0 Å². The van der Waals surface area contributed by atoms with Crippen LogP contribution in [-0.4, -0.2) is 24.8 Å². The highest BCUT2D eigenvalue weighted by Gasteiger charge is 2.10. The fourth-order valence-electron chi connectivity index (χ4n) is 2.39. The van der Waals surface area contributed by atoms with Crippen molar-refractivity contribution in [2.45, 2.75) is 0 Å². The van der Waals surface area contributed by atoms with Crippen molar-refractivity contribution in [1.29, 1.82) is 0 Å². The van der Waals surface area contributed by atoms with Crippen molar-refractivity contribution in [1.82, 2.24) is 0 Å². The summed E-state index contributed by atoms with van der Waals surface area (Å²) in [5.74, 6) is -0.0427. The van der Waals surface area contributed by atoms with Crippen molar-refractivity contribution < 1.29 is 23.8 Å². The Kier molecular flexibility index (Phi) is 4.20. The highest BCUT2D eigenvalue weighted by molar-refractivity contribution is 5.93. The SMILES string of the molecule is COc1ccc(-c2cc(=O)oc3cc(OCC(=O)O)ccc23)cc1. The molecular formula is C18H14O6. The molecule has 0 spiro atoms. The van der Waals surface area contributed by atoms with Crippen molar-refractivity contribution in [3.63, 3.8) is 0 Å². The van der Waals surface area contributed by atoms with Crippen LogP contribution in [0.2, 0.25) is 0 Å². The van der Waals surface area contributed by atoms with E-state index in [9.17, 15) is 9.59 Å². The second-order valence-electron chi connectivity index (χ2n) is 5.05. The van der Waals surface area contributed by atoms with Gasteiger partial charge in [-0.15, -0.1) is 0 Å². The fraction of sp³-hybridized carbons (Fsp3) is 0.111. The number of aliphatic carboxylic acids is 1. The van der Waals surface area contributed by atoms with Gasteiger partial charge in [0, 0.05) is 17.5 Å². The molecule has 0 saturated heterocycles. The molecule has 0 aliphatic carbocycles. The van der Waals surface area contributed by atoms with E-state index >= 15 is 0 Å². The lowest BCUT2D eigenvalue weighted by Crippen LogP contribution is -2.09. The predicted molar refractivity (Wildman–Crippen MR) is 87.6 cm³/mol. The van der Waals surface area contributed by atoms with Crippen LogP contribution in [0.1, 0.15) is 0 Å². The molecule has 122 valence electrons. The van der Waals surface area contributed by atoms with Crippen LogP contribution in [0.15, 0.2) is 57.7 Å². The van der Waals surface area contributed by atoms with E-state index in [2.05, 4.69) is 0 Å². The molecule has 24 heavy (non-hydrogen) atoms. The molecule has 1 aromatic heterocycles. The summed E-state index contributed by atoms with van der Waals surface area (Å²) in [6.45, 7) is -0.464. The van der Waals surface area contributed by atoms with E-state index in [1.165, 1.54) is 12.1 Å². The van der Waals surface area contributed by atoms with Gasteiger partial charge in [-0.3, -0.25) is 0 Å². The topological polar surface area (TPSA) is 86.0 Å². The molecule has 1 N–H and O–H groups in total. The molecule has 1 heterocycles. The average molecular weight is 326 g/mol. The Labute approximate surface area is 136 Å². The zero-order valence-electron chi connectivity index (χ0n) is 12.8. The van der Waals surface area contributed by atoms with E-state index in [1.54, 1.807) is 31.4 Å². The predicted octanol–water partition coefficient (Wildman–Crippen LogP) is 2.93. The van der Waals surface area contributed by atoms with Crippen molar-refractivity contribution >= 4 is 16.9 Å². The van der Waals surface area contributed by atoms with Gasteiger partial charge in [-0.1, -0.05) is 12.1 Å². The first-order valence-electron chi connectivity index (χ1n) is 7.14. The summed E-state index contributed by atoms with van der Waals surface area (Å²) in [6, 6.07) is 13.6. The third-order valence-corrected chi connectivity index (χ3v) is 3.48. The zero-order chi connectivity index (χ0) is 17.1. The number of benzene rings is 2. The standard InChI is InChI=1S/C18H14O6/c1-22-12-4-2-11(3-5-12)15-9-18(21)24-16-8-13(6-7-14(15)16)23-10-17(19)20/h2-9H,10H2,1H3,(H,19,20). The number of ether oxygens (including phenoxy) is 2. The van der Waals surface area contributed by atoms with Crippen LogP contribution < -0.4 is 15.1 Å². The zero-order valence-corrected chi connectivity index (χ0v) is 12.8. The van der Waals surface area contributed by atoms with Gasteiger partial charge in [0.2, 0.25) is 0 Å². The highest BCUT2D eigenvalue weighted by Crippen LogP contribution is 2.30. The first-order chi connectivity index (χ1) is 11.6. The van der Waals surface area contributed by atoms with Gasteiger partial charge >= 0.3 is 11.6 Å². The molecule has 0 aliphatic heterocycles. The maximum Gasteiger partial charge on any atom is 0.341 e.